The average molecular weight is 198 g/mol. The third-order valence-electron chi connectivity index (χ3n) is 1.24. The van der Waals surface area contributed by atoms with Gasteiger partial charge in [0.05, 0.1) is 0 Å². The molecule has 1 N–H and O–H groups in total. The molecule has 1 nitrogen and oxygen atoms in total. The van der Waals surface area contributed by atoms with Crippen molar-refractivity contribution in [1.29, 1.82) is 0 Å². The Morgan fingerprint density at radius 3 is 2.62 bits per heavy atom. The summed E-state index contributed by atoms with van der Waals surface area (Å²) in [6.45, 7) is 2.02. The molecule has 8 heavy (non-hydrogen) atoms. The topological polar surface area (TPSA) is 12.0 Å². The van der Waals surface area contributed by atoms with Gasteiger partial charge in [-0.3, -0.25) is 0 Å². The van der Waals surface area contributed by atoms with E-state index in [-0.39, 0.29) is 0 Å². The molecule has 0 aromatic carbocycles. The summed E-state index contributed by atoms with van der Waals surface area (Å²) in [7, 11) is 0. The smallest absolute Gasteiger partial charge is 0.0471 e. The van der Waals surface area contributed by atoms with Gasteiger partial charge in [-0.2, -0.15) is 0 Å². The predicted molar refractivity (Wildman–Crippen MR) is 39.8 cm³/mol. The summed E-state index contributed by atoms with van der Waals surface area (Å²) in [5, 5.41) is 3.53. The van der Waals surface area contributed by atoms with Crippen molar-refractivity contribution in [1.82, 2.24) is 5.32 Å². The number of alkyl halides is 2. The maximum atomic E-state index is 5.82. The van der Waals surface area contributed by atoms with E-state index in [2.05, 4.69) is 21.2 Å². The molecular formula is C5H9BrClN. The van der Waals surface area contributed by atoms with Crippen molar-refractivity contribution < 1.29 is 0 Å². The summed E-state index contributed by atoms with van der Waals surface area (Å²) in [4.78, 5) is 0.582. The molecule has 1 saturated heterocycles. The van der Waals surface area contributed by atoms with Crippen LogP contribution in [-0.4, -0.2) is 23.3 Å². The largest absolute Gasteiger partial charge is 0.314 e. The first-order chi connectivity index (χ1) is 3.79. The molecule has 1 aliphatic heterocycles. The molecule has 2 atom stereocenters. The van der Waals surface area contributed by atoms with Crippen LogP contribution < -0.4 is 5.32 Å². The molecule has 0 saturated carbocycles. The van der Waals surface area contributed by atoms with Gasteiger partial charge in [0.15, 0.2) is 0 Å². The molecule has 0 amide bonds. The van der Waals surface area contributed by atoms with Crippen LogP contribution in [0.4, 0.5) is 0 Å². The standard InChI is InChI=1S/C5H9BrClN/c6-4-1-5(7)3-8-2-4/h4-5,8H,1-3H2. The summed E-state index contributed by atoms with van der Waals surface area (Å²) in [5.74, 6) is 0. The maximum absolute atomic E-state index is 5.82. The number of rotatable bonds is 0. The van der Waals surface area contributed by atoms with Gasteiger partial charge in [-0.25, -0.2) is 0 Å². The molecular weight excluding hydrogens is 189 g/mol. The minimum atomic E-state index is 0.327. The second-order valence-electron chi connectivity index (χ2n) is 2.09. The van der Waals surface area contributed by atoms with Crippen LogP contribution in [0.1, 0.15) is 6.42 Å². The van der Waals surface area contributed by atoms with Crippen molar-refractivity contribution in [2.24, 2.45) is 0 Å². The SMILES string of the molecule is ClC1CNCC(Br)C1. The van der Waals surface area contributed by atoms with E-state index in [9.17, 15) is 0 Å². The van der Waals surface area contributed by atoms with Crippen LogP contribution in [0.15, 0.2) is 0 Å². The Balaban J connectivity index is 2.23. The van der Waals surface area contributed by atoms with Gasteiger partial charge < -0.3 is 5.32 Å². The van der Waals surface area contributed by atoms with Crippen LogP contribution in [-0.2, 0) is 0 Å². The lowest BCUT2D eigenvalue weighted by atomic mass is 10.2. The van der Waals surface area contributed by atoms with E-state index in [1.807, 2.05) is 0 Å². The second kappa shape index (κ2) is 3.04. The Hall–Kier alpha value is 0.730. The molecule has 0 bridgehead atoms. The molecule has 0 aromatic heterocycles. The Morgan fingerprint density at radius 1 is 1.50 bits per heavy atom. The Kier molecular flexibility index (Phi) is 2.60. The fourth-order valence-electron chi connectivity index (χ4n) is 0.841. The molecule has 0 aromatic rings. The van der Waals surface area contributed by atoms with Crippen LogP contribution in [0, 0.1) is 0 Å². The van der Waals surface area contributed by atoms with Crippen molar-refractivity contribution in [3.05, 3.63) is 0 Å². The number of nitrogens with one attached hydrogen (secondary N) is 1. The first kappa shape index (κ1) is 6.84. The van der Waals surface area contributed by atoms with Crippen molar-refractivity contribution in [2.45, 2.75) is 16.6 Å². The van der Waals surface area contributed by atoms with E-state index < -0.39 is 0 Å². The monoisotopic (exact) mass is 197 g/mol. The molecule has 1 heterocycles. The van der Waals surface area contributed by atoms with Gasteiger partial charge in [-0.1, -0.05) is 15.9 Å². The van der Waals surface area contributed by atoms with E-state index in [1.165, 1.54) is 0 Å². The number of halogens is 2. The highest BCUT2D eigenvalue weighted by atomic mass is 79.9. The summed E-state index contributed by atoms with van der Waals surface area (Å²) >= 11 is 9.30. The molecule has 2 unspecified atom stereocenters. The van der Waals surface area contributed by atoms with Gasteiger partial charge in [0, 0.05) is 23.3 Å². The highest BCUT2D eigenvalue weighted by Crippen LogP contribution is 2.14. The van der Waals surface area contributed by atoms with E-state index in [1.54, 1.807) is 0 Å². The lowest BCUT2D eigenvalue weighted by Gasteiger charge is -2.21. The predicted octanol–water partition coefficient (Wildman–Crippen LogP) is 1.35. The molecule has 0 spiro atoms. The first-order valence-electron chi connectivity index (χ1n) is 2.78. The van der Waals surface area contributed by atoms with Crippen LogP contribution in [0.2, 0.25) is 0 Å². The van der Waals surface area contributed by atoms with Gasteiger partial charge in [0.25, 0.3) is 0 Å². The molecule has 0 aliphatic carbocycles. The van der Waals surface area contributed by atoms with E-state index in [0.717, 1.165) is 19.5 Å². The highest BCUT2D eigenvalue weighted by molar-refractivity contribution is 9.09. The van der Waals surface area contributed by atoms with E-state index in [4.69, 9.17) is 11.6 Å². The van der Waals surface area contributed by atoms with E-state index >= 15 is 0 Å². The van der Waals surface area contributed by atoms with Crippen molar-refractivity contribution >= 4 is 27.5 Å². The number of hydrogen-bond acceptors (Lipinski definition) is 1. The van der Waals surface area contributed by atoms with Gasteiger partial charge in [0.2, 0.25) is 0 Å². The van der Waals surface area contributed by atoms with Crippen molar-refractivity contribution in [3.8, 4) is 0 Å². The highest BCUT2D eigenvalue weighted by Gasteiger charge is 2.16. The zero-order valence-electron chi connectivity index (χ0n) is 4.53. The molecule has 0 radical (unpaired) electrons. The Labute approximate surface area is 62.9 Å². The average Bonchev–Trinajstić information content (AvgIpc) is 1.64. The lowest BCUT2D eigenvalue weighted by molar-refractivity contribution is 0.543. The second-order valence-corrected chi connectivity index (χ2v) is 4.00. The first-order valence-corrected chi connectivity index (χ1v) is 4.13. The number of hydrogen-bond donors (Lipinski definition) is 1. The fraction of sp³-hybridized carbons (Fsp3) is 1.00. The van der Waals surface area contributed by atoms with Gasteiger partial charge >= 0.3 is 0 Å². The summed E-state index contributed by atoms with van der Waals surface area (Å²) in [6, 6.07) is 0. The van der Waals surface area contributed by atoms with Crippen LogP contribution in [0.25, 0.3) is 0 Å². The van der Waals surface area contributed by atoms with E-state index in [0.29, 0.717) is 10.2 Å². The zero-order valence-corrected chi connectivity index (χ0v) is 6.87. The quantitative estimate of drug-likeness (QED) is 0.580. The van der Waals surface area contributed by atoms with Gasteiger partial charge in [0.1, 0.15) is 0 Å². The van der Waals surface area contributed by atoms with Gasteiger partial charge in [-0.05, 0) is 6.42 Å². The van der Waals surface area contributed by atoms with Crippen molar-refractivity contribution in [3.63, 3.8) is 0 Å². The molecule has 1 fully saturated rings. The van der Waals surface area contributed by atoms with Crippen LogP contribution in [0.3, 0.4) is 0 Å². The van der Waals surface area contributed by atoms with Crippen LogP contribution in [0.5, 0.6) is 0 Å². The molecule has 1 aliphatic rings. The number of piperidine rings is 1. The molecule has 48 valence electrons. The normalized spacial score (nSPS) is 39.8. The Bertz CT molecular complexity index is 70.8. The Morgan fingerprint density at radius 2 is 2.25 bits per heavy atom. The van der Waals surface area contributed by atoms with Crippen LogP contribution >= 0.6 is 27.5 Å². The maximum Gasteiger partial charge on any atom is 0.0471 e. The third kappa shape index (κ3) is 1.92. The van der Waals surface area contributed by atoms with Crippen molar-refractivity contribution in [2.75, 3.05) is 13.1 Å². The fourth-order valence-corrected chi connectivity index (χ4v) is 2.06. The molecule has 3 heteroatoms. The summed E-state index contributed by atoms with van der Waals surface area (Å²) in [5.41, 5.74) is 0. The lowest BCUT2D eigenvalue weighted by Crippen LogP contribution is -2.37. The summed E-state index contributed by atoms with van der Waals surface area (Å²) in [6.07, 6.45) is 1.09. The minimum Gasteiger partial charge on any atom is -0.314 e. The minimum absolute atomic E-state index is 0.327. The zero-order chi connectivity index (χ0) is 5.98. The third-order valence-corrected chi connectivity index (χ3v) is 2.27. The summed E-state index contributed by atoms with van der Waals surface area (Å²) < 4.78 is 0. The van der Waals surface area contributed by atoms with Gasteiger partial charge in [-0.15, -0.1) is 11.6 Å². The molecule has 1 rings (SSSR count).